The normalized spacial score (nSPS) is 10.9. The molecule has 0 aromatic carbocycles. The van der Waals surface area contributed by atoms with Crippen molar-refractivity contribution in [2.45, 2.75) is 0 Å². The zero-order chi connectivity index (χ0) is 9.38. The summed E-state index contributed by atoms with van der Waals surface area (Å²) in [4.78, 5) is 12.8. The fourth-order valence-corrected chi connectivity index (χ4v) is 2.18. The number of hydrogen-bond acceptors (Lipinski definition) is 3. The van der Waals surface area contributed by atoms with Crippen LogP contribution in [0.5, 0.6) is 0 Å². The van der Waals surface area contributed by atoms with Crippen LogP contribution in [0.1, 0.15) is 0 Å². The van der Waals surface area contributed by atoms with E-state index in [0.717, 1.165) is 21.6 Å². The largest absolute Gasteiger partial charge is 0.344 e. The molecule has 3 aromatic heterocycles. The van der Waals surface area contributed by atoms with Gasteiger partial charge in [-0.05, 0) is 17.5 Å². The third-order valence-electron chi connectivity index (χ3n) is 2.09. The van der Waals surface area contributed by atoms with E-state index in [1.807, 2.05) is 17.5 Å². The van der Waals surface area contributed by atoms with Crippen LogP contribution in [0.25, 0.3) is 21.6 Å². The monoisotopic (exact) mass is 201 g/mol. The van der Waals surface area contributed by atoms with E-state index in [4.69, 9.17) is 0 Å². The van der Waals surface area contributed by atoms with Gasteiger partial charge in [-0.3, -0.25) is 4.98 Å². The third-order valence-corrected chi connectivity index (χ3v) is 2.97. The summed E-state index contributed by atoms with van der Waals surface area (Å²) in [6, 6.07) is 6.01. The van der Waals surface area contributed by atoms with Gasteiger partial charge in [0.1, 0.15) is 11.2 Å². The van der Waals surface area contributed by atoms with Gasteiger partial charge in [-0.25, -0.2) is 4.98 Å². The Kier molecular flexibility index (Phi) is 1.61. The number of H-pyrrole nitrogens is 1. The minimum atomic E-state index is 0.940. The van der Waals surface area contributed by atoms with Gasteiger partial charge in [0.05, 0.1) is 16.7 Å². The SMILES string of the molecule is c1csc(-c2nccc3[nH]cnc23)c1. The molecule has 0 amide bonds. The van der Waals surface area contributed by atoms with E-state index in [2.05, 4.69) is 21.0 Å². The molecule has 3 aromatic rings. The van der Waals surface area contributed by atoms with Gasteiger partial charge in [0.2, 0.25) is 0 Å². The van der Waals surface area contributed by atoms with Crippen molar-refractivity contribution in [3.63, 3.8) is 0 Å². The van der Waals surface area contributed by atoms with E-state index in [9.17, 15) is 0 Å². The summed E-state index contributed by atoms with van der Waals surface area (Å²) in [6.45, 7) is 0. The fourth-order valence-electron chi connectivity index (χ4n) is 1.46. The zero-order valence-electron chi connectivity index (χ0n) is 7.27. The molecule has 14 heavy (non-hydrogen) atoms. The molecular formula is C10H7N3S. The Morgan fingerprint density at radius 1 is 1.21 bits per heavy atom. The predicted octanol–water partition coefficient (Wildman–Crippen LogP) is 2.69. The summed E-state index contributed by atoms with van der Waals surface area (Å²) < 4.78 is 0. The number of nitrogens with zero attached hydrogens (tertiary/aromatic N) is 2. The summed E-state index contributed by atoms with van der Waals surface area (Å²) in [6.07, 6.45) is 3.50. The molecule has 0 saturated carbocycles. The molecule has 0 unspecified atom stereocenters. The molecule has 0 atom stereocenters. The Morgan fingerprint density at radius 3 is 3.07 bits per heavy atom. The predicted molar refractivity (Wildman–Crippen MR) is 57.2 cm³/mol. The van der Waals surface area contributed by atoms with Gasteiger partial charge in [-0.2, -0.15) is 0 Å². The Hall–Kier alpha value is -1.68. The van der Waals surface area contributed by atoms with Gasteiger partial charge in [0.25, 0.3) is 0 Å². The molecule has 0 radical (unpaired) electrons. The second-order valence-corrected chi connectivity index (χ2v) is 3.88. The fraction of sp³-hybridized carbons (Fsp3) is 0. The van der Waals surface area contributed by atoms with Crippen LogP contribution in [-0.2, 0) is 0 Å². The molecule has 0 spiro atoms. The van der Waals surface area contributed by atoms with Crippen LogP contribution in [-0.4, -0.2) is 15.0 Å². The Labute approximate surface area is 84.5 Å². The van der Waals surface area contributed by atoms with Crippen LogP contribution in [0.4, 0.5) is 0 Å². The molecule has 0 saturated heterocycles. The highest BCUT2D eigenvalue weighted by Gasteiger charge is 2.07. The van der Waals surface area contributed by atoms with Crippen LogP contribution >= 0.6 is 11.3 Å². The summed E-state index contributed by atoms with van der Waals surface area (Å²) >= 11 is 1.68. The highest BCUT2D eigenvalue weighted by molar-refractivity contribution is 7.13. The van der Waals surface area contributed by atoms with Crippen molar-refractivity contribution in [2.75, 3.05) is 0 Å². The van der Waals surface area contributed by atoms with E-state index in [1.54, 1.807) is 23.9 Å². The number of aromatic amines is 1. The van der Waals surface area contributed by atoms with Crippen molar-refractivity contribution in [1.82, 2.24) is 15.0 Å². The first-order valence-corrected chi connectivity index (χ1v) is 5.15. The maximum atomic E-state index is 4.35. The van der Waals surface area contributed by atoms with Crippen LogP contribution in [0.3, 0.4) is 0 Å². The van der Waals surface area contributed by atoms with Gasteiger partial charge in [0.15, 0.2) is 0 Å². The topological polar surface area (TPSA) is 41.6 Å². The van der Waals surface area contributed by atoms with Gasteiger partial charge in [-0.1, -0.05) is 6.07 Å². The van der Waals surface area contributed by atoms with E-state index < -0.39 is 0 Å². The number of rotatable bonds is 1. The number of aromatic nitrogens is 3. The van der Waals surface area contributed by atoms with E-state index >= 15 is 0 Å². The molecule has 4 heteroatoms. The number of hydrogen-bond donors (Lipinski definition) is 1. The molecule has 0 aliphatic heterocycles. The second-order valence-electron chi connectivity index (χ2n) is 2.94. The highest BCUT2D eigenvalue weighted by Crippen LogP contribution is 2.27. The molecule has 3 heterocycles. The van der Waals surface area contributed by atoms with Crippen LogP contribution < -0.4 is 0 Å². The summed E-state index contributed by atoms with van der Waals surface area (Å²) in [5.41, 5.74) is 2.93. The molecule has 0 fully saturated rings. The van der Waals surface area contributed by atoms with Gasteiger partial charge < -0.3 is 4.98 Å². The molecule has 0 aliphatic rings. The van der Waals surface area contributed by atoms with E-state index in [0.29, 0.717) is 0 Å². The number of nitrogens with one attached hydrogen (secondary N) is 1. The lowest BCUT2D eigenvalue weighted by Gasteiger charge is -1.96. The Bertz CT molecular complexity index is 554. The van der Waals surface area contributed by atoms with Crippen molar-refractivity contribution in [1.29, 1.82) is 0 Å². The highest BCUT2D eigenvalue weighted by atomic mass is 32.1. The molecule has 3 nitrogen and oxygen atoms in total. The maximum absolute atomic E-state index is 4.35. The first-order valence-electron chi connectivity index (χ1n) is 4.27. The first kappa shape index (κ1) is 7.70. The smallest absolute Gasteiger partial charge is 0.115 e. The minimum Gasteiger partial charge on any atom is -0.344 e. The molecular weight excluding hydrogens is 194 g/mol. The van der Waals surface area contributed by atoms with Crippen LogP contribution in [0.15, 0.2) is 36.1 Å². The number of fused-ring (bicyclic) bond motifs is 1. The van der Waals surface area contributed by atoms with Gasteiger partial charge in [0, 0.05) is 6.20 Å². The average molecular weight is 201 g/mol. The first-order chi connectivity index (χ1) is 6.95. The second kappa shape index (κ2) is 2.92. The summed E-state index contributed by atoms with van der Waals surface area (Å²) in [5.74, 6) is 0. The summed E-state index contributed by atoms with van der Waals surface area (Å²) in [7, 11) is 0. The Balaban J connectivity index is 2.36. The van der Waals surface area contributed by atoms with Crippen molar-refractivity contribution in [3.05, 3.63) is 36.1 Å². The number of thiophene rings is 1. The number of imidazole rings is 1. The number of pyridine rings is 1. The molecule has 68 valence electrons. The molecule has 3 rings (SSSR count). The average Bonchev–Trinajstić information content (AvgIpc) is 2.88. The quantitative estimate of drug-likeness (QED) is 0.657. The lowest BCUT2D eigenvalue weighted by atomic mass is 10.2. The van der Waals surface area contributed by atoms with Crippen molar-refractivity contribution in [2.24, 2.45) is 0 Å². The molecule has 0 bridgehead atoms. The lowest BCUT2D eigenvalue weighted by molar-refractivity contribution is 1.34. The maximum Gasteiger partial charge on any atom is 0.115 e. The van der Waals surface area contributed by atoms with Gasteiger partial charge in [-0.15, -0.1) is 11.3 Å². The van der Waals surface area contributed by atoms with Crippen LogP contribution in [0.2, 0.25) is 0 Å². The van der Waals surface area contributed by atoms with E-state index in [1.165, 1.54) is 0 Å². The standard InChI is InChI=1S/C10H7N3S/c1-2-8(14-5-1)10-9-7(3-4-11-10)12-6-13-9/h1-6H,(H,12,13). The van der Waals surface area contributed by atoms with E-state index in [-0.39, 0.29) is 0 Å². The molecule has 1 N–H and O–H groups in total. The lowest BCUT2D eigenvalue weighted by Crippen LogP contribution is -1.81. The zero-order valence-corrected chi connectivity index (χ0v) is 8.08. The summed E-state index contributed by atoms with van der Waals surface area (Å²) in [5, 5.41) is 2.04. The van der Waals surface area contributed by atoms with Crippen LogP contribution in [0, 0.1) is 0 Å². The van der Waals surface area contributed by atoms with Crippen molar-refractivity contribution < 1.29 is 0 Å². The van der Waals surface area contributed by atoms with Crippen molar-refractivity contribution in [3.8, 4) is 10.6 Å². The third kappa shape index (κ3) is 1.04. The minimum absolute atomic E-state index is 0.940. The Morgan fingerprint density at radius 2 is 2.21 bits per heavy atom. The molecule has 0 aliphatic carbocycles. The van der Waals surface area contributed by atoms with Gasteiger partial charge >= 0.3 is 0 Å². The van der Waals surface area contributed by atoms with Crippen molar-refractivity contribution >= 4 is 22.4 Å².